The Balaban J connectivity index is 1.90. The molecule has 1 fully saturated rings. The van der Waals surface area contributed by atoms with Crippen molar-refractivity contribution < 1.29 is 24.5 Å². The van der Waals surface area contributed by atoms with E-state index in [0.717, 1.165) is 36.8 Å². The molecule has 2 rings (SSSR count). The predicted octanol–water partition coefficient (Wildman–Crippen LogP) is 3.95. The van der Waals surface area contributed by atoms with Crippen LogP contribution < -0.4 is 0 Å². The number of rotatable bonds is 13. The number of methoxy groups -OCH3 is 1. The van der Waals surface area contributed by atoms with E-state index in [0.29, 0.717) is 26.0 Å². The van der Waals surface area contributed by atoms with Gasteiger partial charge in [0.05, 0.1) is 18.8 Å². The number of aliphatic hydroxyl groups excluding tert-OH is 1. The molecule has 6 nitrogen and oxygen atoms in total. The molecule has 1 aliphatic heterocycles. The molecule has 1 aliphatic rings. The van der Waals surface area contributed by atoms with Crippen LogP contribution >= 0.6 is 0 Å². The molecule has 0 saturated carbocycles. The Kier molecular flexibility index (Phi) is 9.72. The number of aliphatic carboxylic acids is 1. The lowest BCUT2D eigenvalue weighted by molar-refractivity contribution is -0.137. The summed E-state index contributed by atoms with van der Waals surface area (Å²) < 4.78 is 5.17. The van der Waals surface area contributed by atoms with Crippen molar-refractivity contribution in [2.75, 3.05) is 13.7 Å². The van der Waals surface area contributed by atoms with Crippen molar-refractivity contribution in [2.45, 2.75) is 77.5 Å². The molecule has 1 aromatic carbocycles. The second kappa shape index (κ2) is 12.0. The highest BCUT2D eigenvalue weighted by atomic mass is 16.5. The number of carboxylic acids is 1. The zero-order valence-corrected chi connectivity index (χ0v) is 19.0. The van der Waals surface area contributed by atoms with E-state index in [4.69, 9.17) is 9.84 Å². The van der Waals surface area contributed by atoms with Crippen LogP contribution in [0.1, 0.15) is 63.5 Å². The number of hydrogen-bond donors (Lipinski definition) is 2. The van der Waals surface area contributed by atoms with Gasteiger partial charge in [-0.2, -0.15) is 0 Å². The van der Waals surface area contributed by atoms with Crippen LogP contribution in [-0.2, 0) is 27.4 Å². The van der Waals surface area contributed by atoms with Gasteiger partial charge in [0.2, 0.25) is 5.91 Å². The van der Waals surface area contributed by atoms with Gasteiger partial charge >= 0.3 is 5.97 Å². The smallest absolute Gasteiger partial charge is 0.303 e. The van der Waals surface area contributed by atoms with Crippen LogP contribution in [0.2, 0.25) is 0 Å². The van der Waals surface area contributed by atoms with Gasteiger partial charge < -0.3 is 19.8 Å². The van der Waals surface area contributed by atoms with Crippen LogP contribution in [0.15, 0.2) is 36.4 Å². The number of ether oxygens (including phenoxy) is 1. The van der Waals surface area contributed by atoms with Gasteiger partial charge in [0.15, 0.2) is 0 Å². The lowest BCUT2D eigenvalue weighted by atomic mass is 9.89. The molecule has 1 saturated heterocycles. The quantitative estimate of drug-likeness (QED) is 0.365. The van der Waals surface area contributed by atoms with E-state index in [2.05, 4.69) is 0 Å². The molecule has 31 heavy (non-hydrogen) atoms. The van der Waals surface area contributed by atoms with Crippen molar-refractivity contribution >= 4 is 11.9 Å². The number of nitrogens with zero attached hydrogens (tertiary/aromatic N) is 1. The van der Waals surface area contributed by atoms with E-state index in [1.54, 1.807) is 7.11 Å². The van der Waals surface area contributed by atoms with E-state index in [1.165, 1.54) is 0 Å². The number of carboxylic acid groups (broad SMARTS) is 1. The van der Waals surface area contributed by atoms with Crippen LogP contribution in [0, 0.1) is 5.41 Å². The van der Waals surface area contributed by atoms with Gasteiger partial charge in [0.1, 0.15) is 0 Å². The third-order valence-corrected chi connectivity index (χ3v) is 5.80. The third kappa shape index (κ3) is 8.11. The predicted molar refractivity (Wildman–Crippen MR) is 121 cm³/mol. The van der Waals surface area contributed by atoms with Gasteiger partial charge in [-0.05, 0) is 30.4 Å². The lowest BCUT2D eigenvalue weighted by Gasteiger charge is -2.23. The molecule has 2 N–H and O–H groups in total. The molecular formula is C25H37NO5. The number of carbonyl (C=O) groups excluding carboxylic acids is 1. The standard InChI is InChI=1S/C25H37NO5/c1-25(2)17-21(26(24(25)30)14-7-5-4-6-11-23(28)29)12-13-22(27)16-19-9-8-10-20(15-19)18-31-3/h8-10,12-13,15,21-22,27H,4-7,11,14,16-18H2,1-3H3,(H,28,29)/b13-12+/t21-,22?/m0/s1. The summed E-state index contributed by atoms with van der Waals surface area (Å²) in [6.07, 6.45) is 7.92. The summed E-state index contributed by atoms with van der Waals surface area (Å²) in [6.45, 7) is 5.16. The molecule has 2 atom stereocenters. The summed E-state index contributed by atoms with van der Waals surface area (Å²) in [6, 6.07) is 7.99. The maximum Gasteiger partial charge on any atom is 0.303 e. The Morgan fingerprint density at radius 1 is 1.26 bits per heavy atom. The fraction of sp³-hybridized carbons (Fsp3) is 0.600. The number of aliphatic hydroxyl groups is 1. The van der Waals surface area contributed by atoms with E-state index < -0.39 is 17.5 Å². The first-order valence-electron chi connectivity index (χ1n) is 11.2. The highest BCUT2D eigenvalue weighted by Crippen LogP contribution is 2.36. The van der Waals surface area contributed by atoms with Crippen LogP contribution in [0.4, 0.5) is 0 Å². The number of amides is 1. The minimum Gasteiger partial charge on any atom is -0.481 e. The van der Waals surface area contributed by atoms with Crippen molar-refractivity contribution in [3.63, 3.8) is 0 Å². The summed E-state index contributed by atoms with van der Waals surface area (Å²) in [5.41, 5.74) is 1.72. The average molecular weight is 432 g/mol. The number of likely N-dealkylation sites (tertiary alicyclic amines) is 1. The molecule has 0 radical (unpaired) electrons. The summed E-state index contributed by atoms with van der Waals surface area (Å²) in [4.78, 5) is 25.3. The largest absolute Gasteiger partial charge is 0.481 e. The fourth-order valence-corrected chi connectivity index (χ4v) is 4.19. The van der Waals surface area contributed by atoms with Gasteiger partial charge in [0.25, 0.3) is 0 Å². The normalized spacial score (nSPS) is 19.3. The topological polar surface area (TPSA) is 87.1 Å². The summed E-state index contributed by atoms with van der Waals surface area (Å²) in [5.74, 6) is -0.611. The molecule has 172 valence electrons. The Labute approximate surface area is 185 Å². The molecule has 0 aromatic heterocycles. The zero-order chi connectivity index (χ0) is 22.9. The number of hydrogen-bond acceptors (Lipinski definition) is 4. The molecule has 0 bridgehead atoms. The number of benzene rings is 1. The van der Waals surface area contributed by atoms with E-state index >= 15 is 0 Å². The lowest BCUT2D eigenvalue weighted by Crippen LogP contribution is -2.35. The number of unbranched alkanes of at least 4 members (excludes halogenated alkanes) is 3. The molecule has 1 heterocycles. The van der Waals surface area contributed by atoms with Crippen LogP contribution in [-0.4, -0.2) is 52.8 Å². The van der Waals surface area contributed by atoms with Crippen LogP contribution in [0.5, 0.6) is 0 Å². The Morgan fingerprint density at radius 3 is 2.68 bits per heavy atom. The summed E-state index contributed by atoms with van der Waals surface area (Å²) >= 11 is 0. The van der Waals surface area contributed by atoms with Gasteiger partial charge in [-0.25, -0.2) is 0 Å². The fourth-order valence-electron chi connectivity index (χ4n) is 4.19. The Bertz CT molecular complexity index is 758. The highest BCUT2D eigenvalue weighted by molar-refractivity contribution is 5.85. The molecular weight excluding hydrogens is 394 g/mol. The summed E-state index contributed by atoms with van der Waals surface area (Å²) in [5, 5.41) is 19.2. The van der Waals surface area contributed by atoms with Crippen molar-refractivity contribution in [3.05, 3.63) is 47.5 Å². The van der Waals surface area contributed by atoms with Crippen molar-refractivity contribution in [3.8, 4) is 0 Å². The van der Waals surface area contributed by atoms with Gasteiger partial charge in [-0.15, -0.1) is 0 Å². The monoisotopic (exact) mass is 431 g/mol. The van der Waals surface area contributed by atoms with Gasteiger partial charge in [0, 0.05) is 31.9 Å². The number of carbonyl (C=O) groups is 2. The zero-order valence-electron chi connectivity index (χ0n) is 19.0. The maximum atomic E-state index is 12.8. The minimum absolute atomic E-state index is 0.0176. The highest BCUT2D eigenvalue weighted by Gasteiger charge is 2.43. The molecule has 6 heteroatoms. The second-order valence-electron chi connectivity index (χ2n) is 9.12. The molecule has 1 unspecified atom stereocenters. The first-order valence-corrected chi connectivity index (χ1v) is 11.2. The first-order chi connectivity index (χ1) is 14.7. The first kappa shape index (κ1) is 25.1. The molecule has 1 amide bonds. The van der Waals surface area contributed by atoms with Gasteiger partial charge in [-0.1, -0.05) is 63.1 Å². The van der Waals surface area contributed by atoms with E-state index in [1.807, 2.05) is 55.2 Å². The molecule has 0 spiro atoms. The summed E-state index contributed by atoms with van der Waals surface area (Å²) in [7, 11) is 1.66. The van der Waals surface area contributed by atoms with E-state index in [9.17, 15) is 14.7 Å². The third-order valence-electron chi connectivity index (χ3n) is 5.80. The minimum atomic E-state index is -0.759. The van der Waals surface area contributed by atoms with Crippen LogP contribution in [0.25, 0.3) is 0 Å². The molecule has 0 aliphatic carbocycles. The van der Waals surface area contributed by atoms with Crippen molar-refractivity contribution in [2.24, 2.45) is 5.41 Å². The Morgan fingerprint density at radius 2 is 1.97 bits per heavy atom. The second-order valence-corrected chi connectivity index (χ2v) is 9.12. The Hall–Kier alpha value is -2.18. The van der Waals surface area contributed by atoms with Gasteiger partial charge in [-0.3, -0.25) is 9.59 Å². The van der Waals surface area contributed by atoms with E-state index in [-0.39, 0.29) is 18.4 Å². The maximum absolute atomic E-state index is 12.8. The average Bonchev–Trinajstić information content (AvgIpc) is 2.92. The van der Waals surface area contributed by atoms with Crippen LogP contribution in [0.3, 0.4) is 0 Å². The molecule has 1 aromatic rings. The van der Waals surface area contributed by atoms with Crippen molar-refractivity contribution in [1.82, 2.24) is 4.90 Å². The SMILES string of the molecule is COCc1cccc(CC(O)/C=C/[C@H]2CC(C)(C)C(=O)N2CCCCCCC(=O)O)c1. The van der Waals surface area contributed by atoms with Crippen molar-refractivity contribution in [1.29, 1.82) is 0 Å².